The Morgan fingerprint density at radius 3 is 2.57 bits per heavy atom. The first-order chi connectivity index (χ1) is 18.0. The zero-order valence-corrected chi connectivity index (χ0v) is 22.1. The molecule has 0 radical (unpaired) electrons. The van der Waals surface area contributed by atoms with Crippen molar-refractivity contribution in [3.05, 3.63) is 18.3 Å². The van der Waals surface area contributed by atoms with E-state index in [1.54, 1.807) is 13.1 Å². The normalized spacial score (nSPS) is 24.7. The molecular formula is C27H42N6O4. The van der Waals surface area contributed by atoms with Gasteiger partial charge in [0.25, 0.3) is 0 Å². The number of ether oxygens (including phenoxy) is 1. The molecule has 10 nitrogen and oxygen atoms in total. The molecule has 4 heterocycles. The predicted octanol–water partition coefficient (Wildman–Crippen LogP) is 1.90. The Labute approximate surface area is 219 Å². The second-order valence-corrected chi connectivity index (χ2v) is 10.8. The first-order valence-electron chi connectivity index (χ1n) is 13.9. The van der Waals surface area contributed by atoms with Crippen LogP contribution in [0.1, 0.15) is 64.7 Å². The number of hydrogen-bond donors (Lipinski definition) is 2. The van der Waals surface area contributed by atoms with E-state index in [2.05, 4.69) is 25.7 Å². The Hall–Kier alpha value is -2.75. The second kappa shape index (κ2) is 13.2. The molecule has 2 N–H and O–H groups in total. The summed E-state index contributed by atoms with van der Waals surface area (Å²) in [5.41, 5.74) is -0.544. The van der Waals surface area contributed by atoms with E-state index in [9.17, 15) is 14.4 Å². The van der Waals surface area contributed by atoms with Gasteiger partial charge in [-0.15, -0.1) is 5.10 Å². The Bertz CT molecular complexity index is 897. The van der Waals surface area contributed by atoms with Crippen molar-refractivity contribution in [2.45, 2.75) is 70.8 Å². The number of aromatic nitrogens is 2. The van der Waals surface area contributed by atoms with Crippen LogP contribution in [-0.4, -0.2) is 84.8 Å². The number of carbonyl (C=O) groups is 3. The van der Waals surface area contributed by atoms with Crippen molar-refractivity contribution in [3.63, 3.8) is 0 Å². The molecule has 3 fully saturated rings. The number of nitrogens with zero attached hydrogens (tertiary/aromatic N) is 4. The Kier molecular flexibility index (Phi) is 9.71. The Morgan fingerprint density at radius 2 is 1.84 bits per heavy atom. The highest BCUT2D eigenvalue weighted by Gasteiger charge is 2.42. The van der Waals surface area contributed by atoms with E-state index >= 15 is 0 Å². The van der Waals surface area contributed by atoms with Gasteiger partial charge < -0.3 is 25.2 Å². The molecule has 1 aromatic rings. The summed E-state index contributed by atoms with van der Waals surface area (Å²) in [7, 11) is 0. The second-order valence-electron chi connectivity index (χ2n) is 10.8. The lowest BCUT2D eigenvalue weighted by atomic mass is 9.73. The van der Waals surface area contributed by atoms with E-state index in [0.717, 1.165) is 57.4 Å². The maximum Gasteiger partial charge on any atom is 0.242 e. The molecule has 37 heavy (non-hydrogen) atoms. The summed E-state index contributed by atoms with van der Waals surface area (Å²) in [6.45, 7) is 6.51. The van der Waals surface area contributed by atoms with E-state index in [1.165, 1.54) is 0 Å². The fourth-order valence-electron chi connectivity index (χ4n) is 5.70. The first-order valence-corrected chi connectivity index (χ1v) is 13.9. The third kappa shape index (κ3) is 7.40. The van der Waals surface area contributed by atoms with Gasteiger partial charge in [-0.25, -0.2) is 0 Å². The van der Waals surface area contributed by atoms with Crippen LogP contribution in [0.15, 0.2) is 18.3 Å². The number of rotatable bonds is 3. The number of carbonyl (C=O) groups excluding carboxylic acids is 3. The minimum Gasteiger partial charge on any atom is -0.381 e. The summed E-state index contributed by atoms with van der Waals surface area (Å²) >= 11 is 0. The van der Waals surface area contributed by atoms with Crippen molar-refractivity contribution in [1.29, 1.82) is 0 Å². The molecule has 3 aliphatic rings. The first kappa shape index (κ1) is 27.3. The van der Waals surface area contributed by atoms with Crippen LogP contribution in [0.2, 0.25) is 0 Å². The minimum absolute atomic E-state index is 0.0587. The van der Waals surface area contributed by atoms with Crippen LogP contribution in [0, 0.1) is 11.3 Å². The van der Waals surface area contributed by atoms with E-state index in [0.29, 0.717) is 58.0 Å². The van der Waals surface area contributed by atoms with Crippen molar-refractivity contribution in [2.75, 3.05) is 50.8 Å². The van der Waals surface area contributed by atoms with Crippen LogP contribution in [-0.2, 0) is 19.1 Å². The van der Waals surface area contributed by atoms with Gasteiger partial charge in [0.05, 0.1) is 5.41 Å². The highest BCUT2D eigenvalue weighted by atomic mass is 16.5. The predicted molar refractivity (Wildman–Crippen MR) is 140 cm³/mol. The Morgan fingerprint density at radius 1 is 1.08 bits per heavy atom. The lowest BCUT2D eigenvalue weighted by molar-refractivity contribution is -0.143. The van der Waals surface area contributed by atoms with Crippen LogP contribution in [0.25, 0.3) is 0 Å². The van der Waals surface area contributed by atoms with Crippen LogP contribution in [0.5, 0.6) is 0 Å². The smallest absolute Gasteiger partial charge is 0.242 e. The highest BCUT2D eigenvalue weighted by molar-refractivity contribution is 5.90. The molecule has 1 aromatic heterocycles. The van der Waals surface area contributed by atoms with Crippen molar-refractivity contribution >= 4 is 23.5 Å². The standard InChI is InChI=1S/C27H42N6O4/c1-21-25(35)28-12-5-19-37-18-3-2-9-27(26(36)30-21)10-16-33(17-11-27)24(34)20-22-7-14-32(15-8-22)23-6-4-13-29-31-23/h4,6,13,21-22H,2-3,5,7-12,14-20H2,1H3,(H,28,35)(H,30,36)/t21-/m0/s1. The number of nitrogens with one attached hydrogen (secondary N) is 2. The molecule has 3 saturated heterocycles. The number of hydrogen-bond acceptors (Lipinski definition) is 7. The topological polar surface area (TPSA) is 117 Å². The average Bonchev–Trinajstić information content (AvgIpc) is 2.92. The van der Waals surface area contributed by atoms with Crippen molar-refractivity contribution in [3.8, 4) is 0 Å². The molecule has 0 saturated carbocycles. The van der Waals surface area contributed by atoms with E-state index in [1.807, 2.05) is 17.0 Å². The number of amides is 3. The van der Waals surface area contributed by atoms with Crippen molar-refractivity contribution < 1.29 is 19.1 Å². The SMILES string of the molecule is C[C@@H]1NC(=O)C2(CCCCOCCCNC1=O)CCN(C(=O)CC1CCN(c3cccnn3)CC1)CC2. The van der Waals surface area contributed by atoms with E-state index in [4.69, 9.17) is 4.74 Å². The largest absolute Gasteiger partial charge is 0.381 e. The molecular weight excluding hydrogens is 472 g/mol. The number of piperidine rings is 2. The molecule has 4 rings (SSSR count). The van der Waals surface area contributed by atoms with Gasteiger partial charge in [-0.1, -0.05) is 6.42 Å². The third-order valence-electron chi connectivity index (χ3n) is 8.21. The van der Waals surface area contributed by atoms with Gasteiger partial charge in [-0.3, -0.25) is 14.4 Å². The summed E-state index contributed by atoms with van der Waals surface area (Å²) in [4.78, 5) is 43.2. The molecule has 3 aliphatic heterocycles. The summed E-state index contributed by atoms with van der Waals surface area (Å²) in [6, 6.07) is 3.29. The van der Waals surface area contributed by atoms with Gasteiger partial charge in [-0.05, 0) is 69.9 Å². The van der Waals surface area contributed by atoms with Crippen LogP contribution >= 0.6 is 0 Å². The number of anilines is 1. The Balaban J connectivity index is 1.29. The lowest BCUT2D eigenvalue weighted by Gasteiger charge is -2.42. The van der Waals surface area contributed by atoms with E-state index < -0.39 is 11.5 Å². The van der Waals surface area contributed by atoms with Gasteiger partial charge in [0.1, 0.15) is 6.04 Å². The molecule has 1 spiro atoms. The molecule has 1 atom stereocenters. The fourth-order valence-corrected chi connectivity index (χ4v) is 5.70. The molecule has 3 amide bonds. The van der Waals surface area contributed by atoms with Crippen molar-refractivity contribution in [2.24, 2.45) is 11.3 Å². The molecule has 0 bridgehead atoms. The molecule has 0 aromatic carbocycles. The zero-order chi connectivity index (χ0) is 26.1. The van der Waals surface area contributed by atoms with Crippen molar-refractivity contribution in [1.82, 2.24) is 25.7 Å². The summed E-state index contributed by atoms with van der Waals surface area (Å²) in [5, 5.41) is 14.0. The maximum absolute atomic E-state index is 13.4. The van der Waals surface area contributed by atoms with Gasteiger partial charge in [0.15, 0.2) is 5.82 Å². The molecule has 0 unspecified atom stereocenters. The summed E-state index contributed by atoms with van der Waals surface area (Å²) in [5.74, 6) is 1.23. The minimum atomic E-state index is -0.583. The fraction of sp³-hybridized carbons (Fsp3) is 0.741. The van der Waals surface area contributed by atoms with Gasteiger partial charge >= 0.3 is 0 Å². The lowest BCUT2D eigenvalue weighted by Crippen LogP contribution is -2.54. The zero-order valence-electron chi connectivity index (χ0n) is 22.1. The van der Waals surface area contributed by atoms with Crippen LogP contribution in [0.3, 0.4) is 0 Å². The third-order valence-corrected chi connectivity index (χ3v) is 8.21. The van der Waals surface area contributed by atoms with Gasteiger partial charge in [0.2, 0.25) is 17.7 Å². The van der Waals surface area contributed by atoms with Gasteiger partial charge in [0, 0.05) is 58.6 Å². The molecule has 204 valence electrons. The summed E-state index contributed by atoms with van der Waals surface area (Å²) < 4.78 is 5.68. The number of likely N-dealkylation sites (tertiary alicyclic amines) is 1. The molecule has 0 aliphatic carbocycles. The van der Waals surface area contributed by atoms with Crippen LogP contribution in [0.4, 0.5) is 5.82 Å². The maximum atomic E-state index is 13.4. The highest BCUT2D eigenvalue weighted by Crippen LogP contribution is 2.38. The monoisotopic (exact) mass is 514 g/mol. The molecule has 10 heteroatoms. The average molecular weight is 515 g/mol. The van der Waals surface area contributed by atoms with E-state index in [-0.39, 0.29) is 17.7 Å². The quantitative estimate of drug-likeness (QED) is 0.633. The summed E-state index contributed by atoms with van der Waals surface area (Å²) in [6.07, 6.45) is 8.74. The van der Waals surface area contributed by atoms with Gasteiger partial charge in [-0.2, -0.15) is 5.10 Å². The van der Waals surface area contributed by atoms with Crippen LogP contribution < -0.4 is 15.5 Å².